The molecule has 0 bridgehead atoms. The molecule has 4 rings (SSSR count). The van der Waals surface area contributed by atoms with E-state index in [2.05, 4.69) is 15.5 Å². The summed E-state index contributed by atoms with van der Waals surface area (Å²) in [6, 6.07) is 11.7. The van der Waals surface area contributed by atoms with Crippen LogP contribution in [-0.4, -0.2) is 44.1 Å². The lowest BCUT2D eigenvalue weighted by atomic mass is 10.0. The molecule has 0 saturated carbocycles. The smallest absolute Gasteiger partial charge is 0.322 e. The summed E-state index contributed by atoms with van der Waals surface area (Å²) in [5.74, 6) is 3.33. The molecule has 3 aromatic rings. The van der Waals surface area contributed by atoms with Crippen molar-refractivity contribution >= 4 is 6.01 Å². The largest absolute Gasteiger partial charge is 0.497 e. The highest BCUT2D eigenvalue weighted by Crippen LogP contribution is 2.32. The Balaban J connectivity index is 1.47. The number of methoxy groups -OCH3 is 3. The van der Waals surface area contributed by atoms with Crippen molar-refractivity contribution < 1.29 is 23.5 Å². The van der Waals surface area contributed by atoms with Crippen molar-refractivity contribution in [3.63, 3.8) is 0 Å². The third kappa shape index (κ3) is 3.53. The van der Waals surface area contributed by atoms with Gasteiger partial charge in [0.15, 0.2) is 11.5 Å². The zero-order valence-corrected chi connectivity index (χ0v) is 15.9. The van der Waals surface area contributed by atoms with Crippen molar-refractivity contribution in [2.24, 2.45) is 0 Å². The van der Waals surface area contributed by atoms with Crippen LogP contribution in [0.1, 0.15) is 5.56 Å². The van der Waals surface area contributed by atoms with Crippen LogP contribution in [0, 0.1) is 0 Å². The fraction of sp³-hybridized carbons (Fsp3) is 0.300. The van der Waals surface area contributed by atoms with Crippen LogP contribution in [0.2, 0.25) is 0 Å². The summed E-state index contributed by atoms with van der Waals surface area (Å²) in [7, 11) is 4.82. The Hall–Kier alpha value is -3.42. The Bertz CT molecular complexity index is 972. The topological polar surface area (TPSA) is 87.9 Å². The Kier molecular flexibility index (Phi) is 4.92. The van der Waals surface area contributed by atoms with Gasteiger partial charge in [-0.25, -0.2) is 0 Å². The number of nitrogens with one attached hydrogen (secondary N) is 1. The number of ether oxygens (including phenoxy) is 4. The van der Waals surface area contributed by atoms with E-state index < -0.39 is 0 Å². The minimum atomic E-state index is 0.0274. The normalized spacial score (nSPS) is 15.3. The van der Waals surface area contributed by atoms with Crippen LogP contribution >= 0.6 is 0 Å². The molecule has 1 unspecified atom stereocenters. The van der Waals surface area contributed by atoms with E-state index in [-0.39, 0.29) is 6.04 Å². The van der Waals surface area contributed by atoms with E-state index in [4.69, 9.17) is 23.5 Å². The first kappa shape index (κ1) is 18.0. The first-order valence-corrected chi connectivity index (χ1v) is 8.82. The molecule has 0 radical (unpaired) electrons. The molecule has 1 N–H and O–H groups in total. The van der Waals surface area contributed by atoms with Gasteiger partial charge in [-0.1, -0.05) is 11.2 Å². The van der Waals surface area contributed by atoms with Gasteiger partial charge in [0.25, 0.3) is 0 Å². The maximum absolute atomic E-state index is 5.84. The summed E-state index contributed by atoms with van der Waals surface area (Å²) in [6.07, 6.45) is 0.785. The minimum absolute atomic E-state index is 0.0274. The summed E-state index contributed by atoms with van der Waals surface area (Å²) < 4.78 is 27.0. The molecule has 0 fully saturated rings. The van der Waals surface area contributed by atoms with E-state index in [1.165, 1.54) is 0 Å². The molecule has 2 aromatic carbocycles. The molecule has 8 nitrogen and oxygen atoms in total. The first-order chi connectivity index (χ1) is 13.7. The lowest BCUT2D eigenvalue weighted by Crippen LogP contribution is -2.33. The van der Waals surface area contributed by atoms with E-state index in [0.717, 1.165) is 29.0 Å². The summed E-state index contributed by atoms with van der Waals surface area (Å²) in [5.41, 5.74) is 1.87. The predicted molar refractivity (Wildman–Crippen MR) is 102 cm³/mol. The molecule has 146 valence electrons. The summed E-state index contributed by atoms with van der Waals surface area (Å²) in [5, 5.41) is 7.29. The molecule has 1 aromatic heterocycles. The molecule has 28 heavy (non-hydrogen) atoms. The zero-order chi connectivity index (χ0) is 19.5. The van der Waals surface area contributed by atoms with Gasteiger partial charge in [-0.05, 0) is 36.2 Å². The molecule has 1 aliphatic heterocycles. The minimum Gasteiger partial charge on any atom is -0.497 e. The maximum Gasteiger partial charge on any atom is 0.322 e. The quantitative estimate of drug-likeness (QED) is 0.694. The molecule has 0 aliphatic carbocycles. The second-order valence-corrected chi connectivity index (χ2v) is 6.32. The lowest BCUT2D eigenvalue weighted by Gasteiger charge is -2.25. The number of hydrogen-bond donors (Lipinski definition) is 1. The zero-order valence-electron chi connectivity index (χ0n) is 15.9. The number of benzene rings is 2. The highest BCUT2D eigenvalue weighted by Gasteiger charge is 2.22. The summed E-state index contributed by atoms with van der Waals surface area (Å²) >= 11 is 0. The number of hydrogen-bond acceptors (Lipinski definition) is 8. The van der Waals surface area contributed by atoms with Crippen molar-refractivity contribution in [2.75, 3.05) is 33.3 Å². The summed E-state index contributed by atoms with van der Waals surface area (Å²) in [4.78, 5) is 4.43. The SMILES string of the molecule is COc1ccc2c(c1)OCC(Nc1nc(-c3ccc(OC)c(OC)c3)no1)C2. The second-order valence-electron chi connectivity index (χ2n) is 6.32. The lowest BCUT2D eigenvalue weighted by molar-refractivity contribution is 0.267. The van der Waals surface area contributed by atoms with E-state index in [1.807, 2.05) is 24.3 Å². The van der Waals surface area contributed by atoms with Crippen molar-refractivity contribution in [1.82, 2.24) is 10.1 Å². The van der Waals surface area contributed by atoms with Crippen molar-refractivity contribution in [3.8, 4) is 34.4 Å². The van der Waals surface area contributed by atoms with Crippen molar-refractivity contribution in [1.29, 1.82) is 0 Å². The third-order valence-corrected chi connectivity index (χ3v) is 4.58. The molecular weight excluding hydrogens is 362 g/mol. The number of aromatic nitrogens is 2. The number of fused-ring (bicyclic) bond motifs is 1. The third-order valence-electron chi connectivity index (χ3n) is 4.58. The van der Waals surface area contributed by atoms with Gasteiger partial charge in [-0.3, -0.25) is 0 Å². The average molecular weight is 383 g/mol. The Morgan fingerprint density at radius 1 is 1.00 bits per heavy atom. The Morgan fingerprint density at radius 3 is 2.64 bits per heavy atom. The van der Waals surface area contributed by atoms with Crippen molar-refractivity contribution in [3.05, 3.63) is 42.0 Å². The van der Waals surface area contributed by atoms with Crippen LogP contribution in [0.4, 0.5) is 6.01 Å². The molecule has 1 aliphatic rings. The van der Waals surface area contributed by atoms with E-state index in [1.54, 1.807) is 33.5 Å². The molecule has 2 heterocycles. The van der Waals surface area contributed by atoms with E-state index in [0.29, 0.717) is 29.9 Å². The maximum atomic E-state index is 5.84. The number of anilines is 1. The standard InChI is InChI=1S/C20H21N3O5/c1-24-15-6-4-12-8-14(11-27-17(12)10-15)21-20-22-19(23-28-20)13-5-7-16(25-2)18(9-13)26-3/h4-7,9-10,14H,8,11H2,1-3H3,(H,21,22,23). The molecule has 0 spiro atoms. The molecule has 0 saturated heterocycles. The second kappa shape index (κ2) is 7.67. The average Bonchev–Trinajstić information content (AvgIpc) is 3.21. The molecule has 1 atom stereocenters. The van der Waals surface area contributed by atoms with E-state index >= 15 is 0 Å². The Morgan fingerprint density at radius 2 is 1.86 bits per heavy atom. The number of nitrogens with zero attached hydrogens (tertiary/aromatic N) is 2. The highest BCUT2D eigenvalue weighted by molar-refractivity contribution is 5.61. The highest BCUT2D eigenvalue weighted by atomic mass is 16.5. The van der Waals surface area contributed by atoms with Crippen LogP contribution in [0.3, 0.4) is 0 Å². The monoisotopic (exact) mass is 383 g/mol. The van der Waals surface area contributed by atoms with Gasteiger partial charge in [-0.2, -0.15) is 4.98 Å². The van der Waals surface area contributed by atoms with Gasteiger partial charge in [0, 0.05) is 11.6 Å². The molecule has 0 amide bonds. The summed E-state index contributed by atoms with van der Waals surface area (Å²) in [6.45, 7) is 0.494. The van der Waals surface area contributed by atoms with Crippen LogP contribution < -0.4 is 24.3 Å². The number of rotatable bonds is 6. The van der Waals surface area contributed by atoms with Crippen LogP contribution in [0.5, 0.6) is 23.0 Å². The van der Waals surface area contributed by atoms with Gasteiger partial charge in [0.2, 0.25) is 5.82 Å². The van der Waals surface area contributed by atoms with Gasteiger partial charge < -0.3 is 28.8 Å². The van der Waals surface area contributed by atoms with Crippen LogP contribution in [-0.2, 0) is 6.42 Å². The predicted octanol–water partition coefficient (Wildman–Crippen LogP) is 3.18. The fourth-order valence-corrected chi connectivity index (χ4v) is 3.12. The van der Waals surface area contributed by atoms with Crippen molar-refractivity contribution in [2.45, 2.75) is 12.5 Å². The van der Waals surface area contributed by atoms with Gasteiger partial charge in [0.05, 0.1) is 27.4 Å². The fourth-order valence-electron chi connectivity index (χ4n) is 3.12. The van der Waals surface area contributed by atoms with Gasteiger partial charge in [0.1, 0.15) is 18.1 Å². The van der Waals surface area contributed by atoms with Gasteiger partial charge >= 0.3 is 6.01 Å². The van der Waals surface area contributed by atoms with Gasteiger partial charge in [-0.15, -0.1) is 0 Å². The molecular formula is C20H21N3O5. The molecule has 8 heteroatoms. The Labute approximate surface area is 162 Å². The van der Waals surface area contributed by atoms with Crippen LogP contribution in [0.25, 0.3) is 11.4 Å². The van der Waals surface area contributed by atoms with E-state index in [9.17, 15) is 0 Å². The first-order valence-electron chi connectivity index (χ1n) is 8.82. The van der Waals surface area contributed by atoms with Crippen LogP contribution in [0.15, 0.2) is 40.9 Å².